The van der Waals surface area contributed by atoms with E-state index in [4.69, 9.17) is 0 Å². The third-order valence-corrected chi connectivity index (χ3v) is 12.0. The molecule has 0 aliphatic heterocycles. The van der Waals surface area contributed by atoms with Gasteiger partial charge in [-0.25, -0.2) is 8.42 Å². The Bertz CT molecular complexity index is 2060. The Balaban J connectivity index is 0.000000182. The van der Waals surface area contributed by atoms with E-state index in [0.29, 0.717) is 11.1 Å². The van der Waals surface area contributed by atoms with Gasteiger partial charge in [0.2, 0.25) is 0 Å². The van der Waals surface area contributed by atoms with Crippen molar-refractivity contribution >= 4 is 44.7 Å². The standard InChI is InChI=1S/C20H13F5O3S.C18H15P/c21-19(22,23)18(20(24,25)29(26,27)28)15-7-3-5-11-8-9-14-13-6-2-1-4-12(13)10-16(14)17(11)15;1-4-10-16(11-5-1)19(17-12-6-2-7-13-17)18-14-8-3-9-15-18/h1-9,18H,10H2,(H,26,27,28);1-15H. The minimum Gasteiger partial charge on any atom is -0.743 e. The van der Waals surface area contributed by atoms with Gasteiger partial charge in [-0.1, -0.05) is 109 Å². The smallest absolute Gasteiger partial charge is 0.402 e. The maximum Gasteiger partial charge on any atom is 0.402 e. The predicted molar refractivity (Wildman–Crippen MR) is 182 cm³/mol. The van der Waals surface area contributed by atoms with Crippen LogP contribution in [0.3, 0.4) is 0 Å². The molecule has 0 spiro atoms. The van der Waals surface area contributed by atoms with Crippen LogP contribution in [0.15, 0.2) is 146 Å². The second-order valence-corrected chi connectivity index (χ2v) is 15.3. The van der Waals surface area contributed by atoms with Crippen LogP contribution >= 0.6 is 7.92 Å². The van der Waals surface area contributed by atoms with Crippen molar-refractivity contribution in [3.63, 3.8) is 0 Å². The van der Waals surface area contributed by atoms with Gasteiger partial charge in [-0.3, -0.25) is 0 Å². The summed E-state index contributed by atoms with van der Waals surface area (Å²) in [5.41, 5.74) is 1.65. The maximum absolute atomic E-state index is 14.3. The molecular weight excluding hydrogens is 662 g/mol. The number of halogens is 5. The Hall–Kier alpha value is -4.43. The number of fused-ring (bicyclic) bond motifs is 5. The van der Waals surface area contributed by atoms with Crippen LogP contribution in [0.25, 0.3) is 21.9 Å². The monoisotopic (exact) mass is 690 g/mol. The first kappa shape index (κ1) is 33.5. The molecular formula is C38H28F5O3PS. The summed E-state index contributed by atoms with van der Waals surface area (Å²) in [6.45, 7) is 0. The van der Waals surface area contributed by atoms with Crippen molar-refractivity contribution in [2.45, 2.75) is 23.8 Å². The highest BCUT2D eigenvalue weighted by atomic mass is 32.2. The highest BCUT2D eigenvalue weighted by molar-refractivity contribution is 7.86. The van der Waals surface area contributed by atoms with Crippen LogP contribution in [0.4, 0.5) is 22.0 Å². The minimum atomic E-state index is -6.57. The van der Waals surface area contributed by atoms with Gasteiger partial charge < -0.3 is 4.55 Å². The predicted octanol–water partition coefficient (Wildman–Crippen LogP) is 8.37. The summed E-state index contributed by atoms with van der Waals surface area (Å²) in [5.74, 6) is -3.78. The topological polar surface area (TPSA) is 57.2 Å². The summed E-state index contributed by atoms with van der Waals surface area (Å²) < 4.78 is 103. The van der Waals surface area contributed by atoms with Crippen LogP contribution in [0, 0.1) is 0 Å². The highest BCUT2D eigenvalue weighted by Gasteiger charge is 2.61. The van der Waals surface area contributed by atoms with Gasteiger partial charge in [0.1, 0.15) is 15.9 Å². The van der Waals surface area contributed by atoms with Crippen LogP contribution < -0.4 is 15.9 Å². The molecule has 0 bridgehead atoms. The van der Waals surface area contributed by atoms with E-state index in [1.165, 1.54) is 28.0 Å². The van der Waals surface area contributed by atoms with E-state index in [1.54, 1.807) is 30.3 Å². The van der Waals surface area contributed by atoms with Crippen LogP contribution in [-0.4, -0.2) is 24.4 Å². The molecule has 3 nitrogen and oxygen atoms in total. The summed E-state index contributed by atoms with van der Waals surface area (Å²) in [4.78, 5) is 0. The molecule has 1 atom stereocenters. The SMILES string of the molecule is O=S(=O)([O-])C(F)(F)C(c1cccc2ccc3c(c12)Cc1ccccc1-3)C(F)(F)F.c1ccc([PH+](c2ccccc2)c2ccccc2)cc1. The lowest BCUT2D eigenvalue weighted by Crippen LogP contribution is -2.43. The molecule has 10 heteroatoms. The zero-order valence-electron chi connectivity index (χ0n) is 25.2. The van der Waals surface area contributed by atoms with Crippen LogP contribution in [0.5, 0.6) is 0 Å². The number of hydrogen-bond acceptors (Lipinski definition) is 3. The molecule has 6 aromatic carbocycles. The summed E-state index contributed by atoms with van der Waals surface area (Å²) in [5, 5.41) is -1.11. The van der Waals surface area contributed by atoms with E-state index in [-0.39, 0.29) is 17.2 Å². The van der Waals surface area contributed by atoms with Crippen molar-refractivity contribution in [3.05, 3.63) is 162 Å². The van der Waals surface area contributed by atoms with E-state index in [1.807, 2.05) is 0 Å². The summed E-state index contributed by atoms with van der Waals surface area (Å²) in [7, 11) is -7.45. The van der Waals surface area contributed by atoms with E-state index in [9.17, 15) is 34.9 Å². The summed E-state index contributed by atoms with van der Waals surface area (Å²) in [6.07, 6.45) is -5.45. The Morgan fingerprint density at radius 3 is 1.58 bits per heavy atom. The van der Waals surface area contributed by atoms with Gasteiger partial charge in [0, 0.05) is 0 Å². The van der Waals surface area contributed by atoms with Crippen molar-refractivity contribution in [1.82, 2.24) is 0 Å². The highest BCUT2D eigenvalue weighted by Crippen LogP contribution is 2.51. The van der Waals surface area contributed by atoms with Crippen molar-refractivity contribution in [3.8, 4) is 11.1 Å². The molecule has 1 aliphatic carbocycles. The molecule has 48 heavy (non-hydrogen) atoms. The Labute approximate surface area is 276 Å². The van der Waals surface area contributed by atoms with Crippen molar-refractivity contribution in [2.24, 2.45) is 0 Å². The molecule has 244 valence electrons. The second-order valence-electron chi connectivity index (χ2n) is 11.3. The lowest BCUT2D eigenvalue weighted by Gasteiger charge is -2.31. The van der Waals surface area contributed by atoms with E-state index in [0.717, 1.165) is 23.3 Å². The Morgan fingerprint density at radius 1 is 0.583 bits per heavy atom. The van der Waals surface area contributed by atoms with Gasteiger partial charge >= 0.3 is 11.4 Å². The minimum absolute atomic E-state index is 0.105. The van der Waals surface area contributed by atoms with Gasteiger partial charge in [-0.2, -0.15) is 22.0 Å². The fraction of sp³-hybridized carbons (Fsp3) is 0.105. The van der Waals surface area contributed by atoms with Crippen molar-refractivity contribution in [2.75, 3.05) is 0 Å². The number of alkyl halides is 5. The van der Waals surface area contributed by atoms with E-state index >= 15 is 0 Å². The van der Waals surface area contributed by atoms with E-state index in [2.05, 4.69) is 91.0 Å². The first-order chi connectivity index (χ1) is 22.9. The molecule has 0 N–H and O–H groups in total. The lowest BCUT2D eigenvalue weighted by molar-refractivity contribution is -0.188. The number of hydrogen-bond donors (Lipinski definition) is 0. The van der Waals surface area contributed by atoms with Crippen LogP contribution in [0.2, 0.25) is 0 Å². The first-order valence-corrected chi connectivity index (χ1v) is 17.8. The van der Waals surface area contributed by atoms with Gasteiger partial charge in [-0.05, 0) is 81.4 Å². The molecule has 0 aromatic heterocycles. The molecule has 0 amide bonds. The fourth-order valence-electron chi connectivity index (χ4n) is 6.30. The molecule has 6 aromatic rings. The average Bonchev–Trinajstić information content (AvgIpc) is 3.45. The van der Waals surface area contributed by atoms with Crippen LogP contribution in [-0.2, 0) is 16.5 Å². The summed E-state index contributed by atoms with van der Waals surface area (Å²) >= 11 is 0. The number of rotatable bonds is 6. The molecule has 0 saturated carbocycles. The van der Waals surface area contributed by atoms with E-state index < -0.39 is 41.0 Å². The van der Waals surface area contributed by atoms with Gasteiger partial charge in [0.25, 0.3) is 0 Å². The molecule has 0 radical (unpaired) electrons. The van der Waals surface area contributed by atoms with Gasteiger partial charge in [0.05, 0.1) is 7.92 Å². The first-order valence-electron chi connectivity index (χ1n) is 14.9. The average molecular weight is 691 g/mol. The third kappa shape index (κ3) is 6.50. The normalized spacial score (nSPS) is 13.4. The zero-order valence-corrected chi connectivity index (χ0v) is 27.0. The fourth-order valence-corrected chi connectivity index (χ4v) is 9.42. The van der Waals surface area contributed by atoms with Crippen molar-refractivity contribution < 1.29 is 34.9 Å². The number of benzene rings is 6. The lowest BCUT2D eigenvalue weighted by atomic mass is 9.88. The third-order valence-electron chi connectivity index (χ3n) is 8.36. The molecule has 1 unspecified atom stereocenters. The zero-order chi connectivity index (χ0) is 34.1. The Morgan fingerprint density at radius 2 is 1.08 bits per heavy atom. The van der Waals surface area contributed by atoms with Crippen LogP contribution in [0.1, 0.15) is 22.6 Å². The molecule has 0 saturated heterocycles. The molecule has 7 rings (SSSR count). The maximum atomic E-state index is 14.3. The second kappa shape index (κ2) is 13.2. The molecule has 0 heterocycles. The summed E-state index contributed by atoms with van der Waals surface area (Å²) in [6, 6.07) is 46.1. The largest absolute Gasteiger partial charge is 0.743 e. The van der Waals surface area contributed by atoms with Gasteiger partial charge in [-0.15, -0.1) is 0 Å². The van der Waals surface area contributed by atoms with Gasteiger partial charge in [0.15, 0.2) is 16.0 Å². The molecule has 0 fully saturated rings. The van der Waals surface area contributed by atoms with Crippen molar-refractivity contribution in [1.29, 1.82) is 0 Å². The quantitative estimate of drug-likeness (QED) is 0.100. The molecule has 1 aliphatic rings. The Kier molecular flexibility index (Phi) is 9.22.